The molecule has 0 saturated carbocycles. The summed E-state index contributed by atoms with van der Waals surface area (Å²) in [5.41, 5.74) is 9.29. The lowest BCUT2D eigenvalue weighted by atomic mass is 9.88. The third-order valence-corrected chi connectivity index (χ3v) is 12.0. The van der Waals surface area contributed by atoms with Gasteiger partial charge in [-0.25, -0.2) is 19.9 Å². The van der Waals surface area contributed by atoms with E-state index in [2.05, 4.69) is 72.8 Å². The van der Waals surface area contributed by atoms with Crippen LogP contribution in [0.15, 0.2) is 191 Å². The molecule has 4 aromatic heterocycles. The molecule has 0 fully saturated rings. The highest BCUT2D eigenvalue weighted by atomic mass is 16.3. The Labute approximate surface area is 342 Å². The van der Waals surface area contributed by atoms with Crippen molar-refractivity contribution in [1.82, 2.24) is 19.9 Å². The summed E-state index contributed by atoms with van der Waals surface area (Å²) in [5, 5.41) is 12.9. The van der Waals surface area contributed by atoms with Crippen molar-refractivity contribution in [1.29, 1.82) is 0 Å². The standard InChI is InChI=1S/C54H30N4O2/c1-3-11-31(12-4-1)53-55-27-35(28-56-53)43-23-33-25-46-34(26-45(33)49-39(43)19-21-41-37-15-7-9-17-47(37)59-51(41)49)24-44(36-29-57-54(58-30-36)32-13-5-2-6-14-32)40-20-22-42-38-16-8-10-18-48(38)60-52(42)50(40)46/h1-30H. The zero-order valence-electron chi connectivity index (χ0n) is 31.9. The monoisotopic (exact) mass is 766 g/mol. The van der Waals surface area contributed by atoms with Crippen LogP contribution in [0.1, 0.15) is 0 Å². The SMILES string of the molecule is c1ccc(-c2ncc(-c3cc4cc5c(cc(-c6cnc(-c7ccccc7)nc6)c6ccc7c8ccccc8oc7c65)cc4c4c3ccc3c5ccccc5oc34)cn2)cc1. The quantitative estimate of drug-likeness (QED) is 0.131. The van der Waals surface area contributed by atoms with Crippen LogP contribution < -0.4 is 0 Å². The third kappa shape index (κ3) is 4.88. The molecule has 0 aliphatic heterocycles. The van der Waals surface area contributed by atoms with Crippen molar-refractivity contribution >= 4 is 87.0 Å². The van der Waals surface area contributed by atoms with Crippen LogP contribution >= 0.6 is 0 Å². The molecule has 13 aromatic rings. The van der Waals surface area contributed by atoms with Crippen molar-refractivity contribution in [3.05, 3.63) is 183 Å². The molecule has 0 radical (unpaired) electrons. The normalized spacial score (nSPS) is 12.0. The number of hydrogen-bond acceptors (Lipinski definition) is 6. The maximum Gasteiger partial charge on any atom is 0.159 e. The molecule has 0 spiro atoms. The summed E-state index contributed by atoms with van der Waals surface area (Å²) in [5.74, 6) is 1.37. The molecule has 0 atom stereocenters. The van der Waals surface area contributed by atoms with Crippen LogP contribution in [0.5, 0.6) is 0 Å². The summed E-state index contributed by atoms with van der Waals surface area (Å²) in [7, 11) is 0. The smallest absolute Gasteiger partial charge is 0.159 e. The van der Waals surface area contributed by atoms with E-state index in [-0.39, 0.29) is 0 Å². The zero-order valence-corrected chi connectivity index (χ0v) is 31.9. The van der Waals surface area contributed by atoms with E-state index in [1.54, 1.807) is 0 Å². The fourth-order valence-electron chi connectivity index (χ4n) is 9.22. The Morgan fingerprint density at radius 3 is 1.12 bits per heavy atom. The van der Waals surface area contributed by atoms with Gasteiger partial charge in [0, 0.05) is 79.4 Å². The van der Waals surface area contributed by atoms with Gasteiger partial charge in [0.2, 0.25) is 0 Å². The molecule has 0 amide bonds. The molecule has 0 N–H and O–H groups in total. The topological polar surface area (TPSA) is 77.8 Å². The van der Waals surface area contributed by atoms with Gasteiger partial charge >= 0.3 is 0 Å². The van der Waals surface area contributed by atoms with E-state index in [4.69, 9.17) is 28.8 Å². The summed E-state index contributed by atoms with van der Waals surface area (Å²) >= 11 is 0. The summed E-state index contributed by atoms with van der Waals surface area (Å²) in [6, 6.07) is 54.7. The fourth-order valence-corrected chi connectivity index (χ4v) is 9.22. The number of nitrogens with zero attached hydrogens (tertiary/aromatic N) is 4. The van der Waals surface area contributed by atoms with Crippen LogP contribution in [-0.2, 0) is 0 Å². The van der Waals surface area contributed by atoms with Crippen LogP contribution in [0.3, 0.4) is 0 Å². The van der Waals surface area contributed by atoms with Gasteiger partial charge in [-0.3, -0.25) is 0 Å². The second-order valence-corrected chi connectivity index (χ2v) is 15.4. The molecule has 0 bridgehead atoms. The van der Waals surface area contributed by atoms with E-state index >= 15 is 0 Å². The first kappa shape index (κ1) is 32.8. The van der Waals surface area contributed by atoms with Gasteiger partial charge in [0.25, 0.3) is 0 Å². The van der Waals surface area contributed by atoms with Crippen LogP contribution in [-0.4, -0.2) is 19.9 Å². The Morgan fingerprint density at radius 1 is 0.300 bits per heavy atom. The summed E-state index contributed by atoms with van der Waals surface area (Å²) in [6.45, 7) is 0. The first-order valence-corrected chi connectivity index (χ1v) is 20.0. The predicted molar refractivity (Wildman–Crippen MR) is 244 cm³/mol. The van der Waals surface area contributed by atoms with Gasteiger partial charge in [0.1, 0.15) is 22.3 Å². The summed E-state index contributed by atoms with van der Waals surface area (Å²) in [4.78, 5) is 19.4. The summed E-state index contributed by atoms with van der Waals surface area (Å²) < 4.78 is 13.6. The molecule has 278 valence electrons. The second-order valence-electron chi connectivity index (χ2n) is 15.4. The van der Waals surface area contributed by atoms with Gasteiger partial charge in [0.05, 0.1) is 0 Å². The molecular weight excluding hydrogens is 737 g/mol. The third-order valence-electron chi connectivity index (χ3n) is 12.0. The molecule has 6 heteroatoms. The van der Waals surface area contributed by atoms with Gasteiger partial charge in [-0.05, 0) is 92.0 Å². The molecule has 0 unspecified atom stereocenters. The highest BCUT2D eigenvalue weighted by Gasteiger charge is 2.21. The Balaban J connectivity index is 1.14. The molecule has 6 nitrogen and oxygen atoms in total. The first-order chi connectivity index (χ1) is 29.7. The van der Waals surface area contributed by atoms with Crippen LogP contribution in [0.4, 0.5) is 0 Å². The average Bonchev–Trinajstić information content (AvgIpc) is 3.90. The van der Waals surface area contributed by atoms with Crippen molar-refractivity contribution in [2.75, 3.05) is 0 Å². The largest absolute Gasteiger partial charge is 0.455 e. The number of hydrogen-bond donors (Lipinski definition) is 0. The molecule has 13 rings (SSSR count). The zero-order chi connectivity index (χ0) is 39.3. The second kappa shape index (κ2) is 12.6. The first-order valence-electron chi connectivity index (χ1n) is 20.0. The van der Waals surface area contributed by atoms with Crippen molar-refractivity contribution in [2.24, 2.45) is 0 Å². The maximum absolute atomic E-state index is 6.79. The molecule has 0 aliphatic rings. The Bertz CT molecular complexity index is 3600. The number of aromatic nitrogens is 4. The molecule has 9 aromatic carbocycles. The van der Waals surface area contributed by atoms with Crippen LogP contribution in [0.2, 0.25) is 0 Å². The van der Waals surface area contributed by atoms with Gasteiger partial charge in [-0.2, -0.15) is 0 Å². The average molecular weight is 767 g/mol. The molecule has 4 heterocycles. The Hall–Kier alpha value is -8.22. The minimum Gasteiger partial charge on any atom is -0.455 e. The summed E-state index contributed by atoms with van der Waals surface area (Å²) in [6.07, 6.45) is 7.74. The van der Waals surface area contributed by atoms with E-state index < -0.39 is 0 Å². The number of furan rings is 2. The van der Waals surface area contributed by atoms with E-state index in [0.29, 0.717) is 11.6 Å². The van der Waals surface area contributed by atoms with Crippen LogP contribution in [0.25, 0.3) is 132 Å². The number of benzene rings is 9. The number of fused-ring (bicyclic) bond motifs is 14. The highest BCUT2D eigenvalue weighted by Crippen LogP contribution is 2.46. The lowest BCUT2D eigenvalue weighted by Crippen LogP contribution is -1.93. The minimum absolute atomic E-state index is 0.687. The van der Waals surface area contributed by atoms with Gasteiger partial charge in [-0.15, -0.1) is 0 Å². The Kier molecular flexibility index (Phi) is 6.91. The highest BCUT2D eigenvalue weighted by molar-refractivity contribution is 6.31. The van der Waals surface area contributed by atoms with E-state index in [1.165, 1.54) is 0 Å². The van der Waals surface area contributed by atoms with Gasteiger partial charge < -0.3 is 8.83 Å². The molecular formula is C54H30N4O2. The van der Waals surface area contributed by atoms with Crippen LogP contribution in [0, 0.1) is 0 Å². The van der Waals surface area contributed by atoms with Crippen molar-refractivity contribution in [3.63, 3.8) is 0 Å². The van der Waals surface area contributed by atoms with E-state index in [9.17, 15) is 0 Å². The number of para-hydroxylation sites is 2. The van der Waals surface area contributed by atoms with Crippen molar-refractivity contribution in [2.45, 2.75) is 0 Å². The van der Waals surface area contributed by atoms with Gasteiger partial charge in [-0.1, -0.05) is 109 Å². The van der Waals surface area contributed by atoms with Crippen molar-refractivity contribution < 1.29 is 8.83 Å². The molecule has 0 aliphatic carbocycles. The maximum atomic E-state index is 6.79. The predicted octanol–water partition coefficient (Wildman–Crippen LogP) is 14.3. The van der Waals surface area contributed by atoms with E-state index in [0.717, 1.165) is 120 Å². The van der Waals surface area contributed by atoms with Crippen molar-refractivity contribution in [3.8, 4) is 45.0 Å². The minimum atomic E-state index is 0.687. The fraction of sp³-hybridized carbons (Fsp3) is 0. The van der Waals surface area contributed by atoms with E-state index in [1.807, 2.05) is 110 Å². The van der Waals surface area contributed by atoms with Gasteiger partial charge in [0.15, 0.2) is 11.6 Å². The lowest BCUT2D eigenvalue weighted by Gasteiger charge is -2.15. The number of rotatable bonds is 4. The lowest BCUT2D eigenvalue weighted by molar-refractivity contribution is 0.672. The molecule has 60 heavy (non-hydrogen) atoms. The Morgan fingerprint density at radius 2 is 0.683 bits per heavy atom. The molecule has 0 saturated heterocycles.